The highest BCUT2D eigenvalue weighted by molar-refractivity contribution is 5.80. The molecule has 1 N–H and O–H groups in total. The number of piperidine rings is 1. The molecule has 1 aromatic rings. The zero-order valence-corrected chi connectivity index (χ0v) is 13.1. The molecule has 1 saturated heterocycles. The molecular formula is C16H18F3NO4. The number of hydrogen-bond donors (Lipinski definition) is 1. The molecule has 1 aliphatic rings. The fraction of sp³-hybridized carbons (Fsp3) is 0.500. The molecule has 0 spiro atoms. The molecule has 1 aromatic carbocycles. The van der Waals surface area contributed by atoms with Gasteiger partial charge in [-0.1, -0.05) is 12.1 Å². The van der Waals surface area contributed by atoms with E-state index in [4.69, 9.17) is 4.74 Å². The van der Waals surface area contributed by atoms with Crippen molar-refractivity contribution in [1.82, 2.24) is 4.90 Å². The zero-order chi connectivity index (χ0) is 18.0. The molecule has 132 valence electrons. The van der Waals surface area contributed by atoms with Crippen molar-refractivity contribution < 1.29 is 32.6 Å². The average molecular weight is 345 g/mol. The number of likely N-dealkylation sites (tertiary alicyclic amines) is 1. The third-order valence-corrected chi connectivity index (χ3v) is 4.11. The number of hydrogen-bond acceptors (Lipinski definition) is 3. The number of carboxylic acids is 1. The monoisotopic (exact) mass is 345 g/mol. The van der Waals surface area contributed by atoms with Gasteiger partial charge < -0.3 is 14.7 Å². The Bertz CT molecular complexity index is 632. The molecule has 1 atom stereocenters. The highest BCUT2D eigenvalue weighted by Gasteiger charge is 2.39. The molecule has 1 heterocycles. The molecule has 24 heavy (non-hydrogen) atoms. The standard InChI is InChI=1S/C16H18F3NO4/c1-15(14(22)23)7-4-8-20(10-15)13(21)9-24-12-6-3-2-5-11(12)16(17,18)19/h2-3,5-6H,4,7-10H2,1H3,(H,22,23). The van der Waals surface area contributed by atoms with Crippen LogP contribution in [0.3, 0.4) is 0 Å². The van der Waals surface area contributed by atoms with Crippen LogP contribution in [0.5, 0.6) is 5.75 Å². The Morgan fingerprint density at radius 3 is 2.62 bits per heavy atom. The lowest BCUT2D eigenvalue weighted by Gasteiger charge is -2.37. The van der Waals surface area contributed by atoms with Crippen LogP contribution in [-0.4, -0.2) is 41.6 Å². The van der Waals surface area contributed by atoms with Gasteiger partial charge in [0.15, 0.2) is 6.61 Å². The minimum atomic E-state index is -4.58. The number of carbonyl (C=O) groups excluding carboxylic acids is 1. The highest BCUT2D eigenvalue weighted by atomic mass is 19.4. The molecule has 8 heteroatoms. The molecule has 1 unspecified atom stereocenters. The Balaban J connectivity index is 2.03. The van der Waals surface area contributed by atoms with Gasteiger partial charge in [0, 0.05) is 13.1 Å². The number of halogens is 3. The summed E-state index contributed by atoms with van der Waals surface area (Å²) < 4.78 is 43.7. The average Bonchev–Trinajstić information content (AvgIpc) is 2.52. The molecule has 5 nitrogen and oxygen atoms in total. The van der Waals surface area contributed by atoms with Crippen LogP contribution in [0.2, 0.25) is 0 Å². The third kappa shape index (κ3) is 3.98. The minimum Gasteiger partial charge on any atom is -0.483 e. The summed E-state index contributed by atoms with van der Waals surface area (Å²) >= 11 is 0. The second kappa shape index (κ2) is 6.70. The first-order valence-electron chi connectivity index (χ1n) is 7.44. The summed E-state index contributed by atoms with van der Waals surface area (Å²) in [7, 11) is 0. The molecule has 0 aromatic heterocycles. The lowest BCUT2D eigenvalue weighted by Crippen LogP contribution is -2.49. The Kier molecular flexibility index (Phi) is 5.05. The molecular weight excluding hydrogens is 327 g/mol. The van der Waals surface area contributed by atoms with Gasteiger partial charge in [0.1, 0.15) is 5.75 Å². The van der Waals surface area contributed by atoms with Crippen molar-refractivity contribution in [2.24, 2.45) is 5.41 Å². The van der Waals surface area contributed by atoms with E-state index in [9.17, 15) is 27.9 Å². The smallest absolute Gasteiger partial charge is 0.419 e. The normalized spacial score (nSPS) is 21.4. The van der Waals surface area contributed by atoms with Crippen LogP contribution in [0.15, 0.2) is 24.3 Å². The number of nitrogens with zero attached hydrogens (tertiary/aromatic N) is 1. The van der Waals surface area contributed by atoms with Crippen LogP contribution in [0.1, 0.15) is 25.3 Å². The fourth-order valence-corrected chi connectivity index (χ4v) is 2.68. The van der Waals surface area contributed by atoms with Crippen LogP contribution in [0, 0.1) is 5.41 Å². The van der Waals surface area contributed by atoms with Crippen LogP contribution < -0.4 is 4.74 Å². The maximum absolute atomic E-state index is 12.9. The molecule has 0 bridgehead atoms. The van der Waals surface area contributed by atoms with E-state index in [1.54, 1.807) is 6.92 Å². The Hall–Kier alpha value is -2.25. The number of para-hydroxylation sites is 1. The number of ether oxygens (including phenoxy) is 1. The van der Waals surface area contributed by atoms with E-state index in [2.05, 4.69) is 0 Å². The topological polar surface area (TPSA) is 66.8 Å². The number of aliphatic carboxylic acids is 1. The zero-order valence-electron chi connectivity index (χ0n) is 13.1. The van der Waals surface area contributed by atoms with Gasteiger partial charge in [0.25, 0.3) is 5.91 Å². The maximum atomic E-state index is 12.9. The summed E-state index contributed by atoms with van der Waals surface area (Å²) in [5, 5.41) is 9.24. The van der Waals surface area contributed by atoms with Crippen molar-refractivity contribution in [3.8, 4) is 5.75 Å². The van der Waals surface area contributed by atoms with Gasteiger partial charge in [0.05, 0.1) is 11.0 Å². The van der Waals surface area contributed by atoms with E-state index >= 15 is 0 Å². The predicted molar refractivity (Wildman–Crippen MR) is 78.5 cm³/mol. The van der Waals surface area contributed by atoms with Crippen LogP contribution in [-0.2, 0) is 15.8 Å². The van der Waals surface area contributed by atoms with Crippen LogP contribution in [0.25, 0.3) is 0 Å². The molecule has 2 rings (SSSR count). The van der Waals surface area contributed by atoms with Gasteiger partial charge >= 0.3 is 12.1 Å². The second-order valence-corrected chi connectivity index (χ2v) is 6.07. The summed E-state index contributed by atoms with van der Waals surface area (Å²) in [6.07, 6.45) is -3.61. The molecule has 0 saturated carbocycles. The fourth-order valence-electron chi connectivity index (χ4n) is 2.68. The first kappa shape index (κ1) is 18.1. The number of carbonyl (C=O) groups is 2. The van der Waals surface area contributed by atoms with Gasteiger partial charge in [-0.2, -0.15) is 13.2 Å². The van der Waals surface area contributed by atoms with Crippen molar-refractivity contribution in [1.29, 1.82) is 0 Å². The van der Waals surface area contributed by atoms with Gasteiger partial charge in [-0.05, 0) is 31.9 Å². The Morgan fingerprint density at radius 2 is 2.00 bits per heavy atom. The van der Waals surface area contributed by atoms with E-state index < -0.39 is 41.4 Å². The van der Waals surface area contributed by atoms with Crippen molar-refractivity contribution in [2.45, 2.75) is 25.9 Å². The largest absolute Gasteiger partial charge is 0.483 e. The molecule has 0 aliphatic carbocycles. The van der Waals surface area contributed by atoms with Gasteiger partial charge in [0.2, 0.25) is 0 Å². The van der Waals surface area contributed by atoms with Crippen molar-refractivity contribution >= 4 is 11.9 Å². The first-order chi connectivity index (χ1) is 11.1. The lowest BCUT2D eigenvalue weighted by molar-refractivity contribution is -0.154. The second-order valence-electron chi connectivity index (χ2n) is 6.07. The quantitative estimate of drug-likeness (QED) is 0.911. The Morgan fingerprint density at radius 1 is 1.33 bits per heavy atom. The van der Waals surface area contributed by atoms with E-state index in [1.165, 1.54) is 17.0 Å². The predicted octanol–water partition coefficient (Wildman–Crippen LogP) is 2.80. The van der Waals surface area contributed by atoms with E-state index in [0.717, 1.165) is 12.1 Å². The number of alkyl halides is 3. The first-order valence-corrected chi connectivity index (χ1v) is 7.44. The van der Waals surface area contributed by atoms with Crippen LogP contribution in [0.4, 0.5) is 13.2 Å². The maximum Gasteiger partial charge on any atom is 0.419 e. The Labute approximate surface area is 137 Å². The van der Waals surface area contributed by atoms with E-state index in [0.29, 0.717) is 19.4 Å². The van der Waals surface area contributed by atoms with E-state index in [1.807, 2.05) is 0 Å². The molecule has 1 amide bonds. The number of amides is 1. The number of rotatable bonds is 4. The summed E-state index contributed by atoms with van der Waals surface area (Å²) in [5.41, 5.74) is -2.00. The van der Waals surface area contributed by atoms with Crippen molar-refractivity contribution in [3.05, 3.63) is 29.8 Å². The SMILES string of the molecule is CC1(C(=O)O)CCCN(C(=O)COc2ccccc2C(F)(F)F)C1. The molecule has 1 aliphatic heterocycles. The summed E-state index contributed by atoms with van der Waals surface area (Å²) in [6, 6.07) is 4.65. The summed E-state index contributed by atoms with van der Waals surface area (Å²) in [4.78, 5) is 24.8. The van der Waals surface area contributed by atoms with Gasteiger partial charge in [-0.25, -0.2) is 0 Å². The lowest BCUT2D eigenvalue weighted by atomic mass is 9.82. The summed E-state index contributed by atoms with van der Waals surface area (Å²) in [5.74, 6) is -1.95. The van der Waals surface area contributed by atoms with Gasteiger partial charge in [-0.15, -0.1) is 0 Å². The summed E-state index contributed by atoms with van der Waals surface area (Å²) in [6.45, 7) is 1.37. The third-order valence-electron chi connectivity index (χ3n) is 4.11. The van der Waals surface area contributed by atoms with Gasteiger partial charge in [-0.3, -0.25) is 9.59 Å². The number of benzene rings is 1. The van der Waals surface area contributed by atoms with Crippen LogP contribution >= 0.6 is 0 Å². The van der Waals surface area contributed by atoms with Crippen molar-refractivity contribution in [2.75, 3.05) is 19.7 Å². The molecule has 1 fully saturated rings. The van der Waals surface area contributed by atoms with E-state index in [-0.39, 0.29) is 6.54 Å². The van der Waals surface area contributed by atoms with Crippen molar-refractivity contribution in [3.63, 3.8) is 0 Å². The number of carboxylic acid groups (broad SMARTS) is 1. The molecule has 0 radical (unpaired) electrons. The highest BCUT2D eigenvalue weighted by Crippen LogP contribution is 2.36. The minimum absolute atomic E-state index is 0.0193.